The number of rotatable bonds is 1. The summed E-state index contributed by atoms with van der Waals surface area (Å²) in [5.74, 6) is 0. The molecule has 0 fully saturated rings. The molecule has 0 unspecified atom stereocenters. The van der Waals surface area contributed by atoms with Crippen LogP contribution >= 0.6 is 12.4 Å². The average molecular weight is 315 g/mol. The number of hydrogen-bond acceptors (Lipinski definition) is 2. The van der Waals surface area contributed by atoms with Crippen LogP contribution in [-0.4, -0.2) is 6.54 Å². The molecule has 1 heterocycles. The second-order valence-electron chi connectivity index (χ2n) is 4.80. The Morgan fingerprint density at radius 2 is 1.71 bits per heavy atom. The molecule has 0 spiro atoms. The standard InChI is InChI=1S/C15H13F3N2.ClH/c16-15(17,18)11-5-6-14(12(19)9-11)20-8-7-10-3-1-2-4-13(10)20;/h1-6,9H,7-8,19H2;1H. The van der Waals surface area contributed by atoms with Crippen LogP contribution in [0, 0.1) is 0 Å². The van der Waals surface area contributed by atoms with Gasteiger partial charge in [-0.25, -0.2) is 0 Å². The minimum Gasteiger partial charge on any atom is -0.397 e. The summed E-state index contributed by atoms with van der Waals surface area (Å²) < 4.78 is 37.9. The van der Waals surface area contributed by atoms with Gasteiger partial charge in [-0.1, -0.05) is 18.2 Å². The fraction of sp³-hybridized carbons (Fsp3) is 0.200. The third kappa shape index (κ3) is 2.78. The number of nitrogens with two attached hydrogens (primary N) is 1. The molecule has 0 amide bonds. The van der Waals surface area contributed by atoms with E-state index in [4.69, 9.17) is 5.73 Å². The first-order valence-electron chi connectivity index (χ1n) is 6.29. The van der Waals surface area contributed by atoms with Crippen molar-refractivity contribution in [3.05, 3.63) is 53.6 Å². The topological polar surface area (TPSA) is 29.3 Å². The van der Waals surface area contributed by atoms with Gasteiger partial charge in [-0.15, -0.1) is 12.4 Å². The number of benzene rings is 2. The molecule has 0 aromatic heterocycles. The maximum atomic E-state index is 12.6. The summed E-state index contributed by atoms with van der Waals surface area (Å²) in [5.41, 5.74) is 8.07. The first-order valence-corrected chi connectivity index (χ1v) is 6.29. The Kier molecular flexibility index (Phi) is 4.05. The minimum atomic E-state index is -4.37. The molecular formula is C15H14ClF3N2. The highest BCUT2D eigenvalue weighted by molar-refractivity contribution is 5.85. The smallest absolute Gasteiger partial charge is 0.397 e. The van der Waals surface area contributed by atoms with E-state index in [1.54, 1.807) is 0 Å². The van der Waals surface area contributed by atoms with Crippen molar-refractivity contribution in [3.8, 4) is 0 Å². The molecule has 6 heteroatoms. The summed E-state index contributed by atoms with van der Waals surface area (Å²) in [5, 5.41) is 0. The SMILES string of the molecule is Cl.Nc1cc(C(F)(F)F)ccc1N1CCc2ccccc21. The van der Waals surface area contributed by atoms with Crippen LogP contribution in [0.15, 0.2) is 42.5 Å². The number of fused-ring (bicyclic) bond motifs is 1. The van der Waals surface area contributed by atoms with Crippen LogP contribution in [0.2, 0.25) is 0 Å². The van der Waals surface area contributed by atoms with E-state index in [9.17, 15) is 13.2 Å². The summed E-state index contributed by atoms with van der Waals surface area (Å²) in [6, 6.07) is 11.4. The van der Waals surface area contributed by atoms with E-state index in [2.05, 4.69) is 0 Å². The van der Waals surface area contributed by atoms with Crippen molar-refractivity contribution in [3.63, 3.8) is 0 Å². The Hall–Kier alpha value is -1.88. The van der Waals surface area contributed by atoms with Gasteiger partial charge < -0.3 is 10.6 Å². The van der Waals surface area contributed by atoms with Gasteiger partial charge in [-0.05, 0) is 36.2 Å². The number of nitrogen functional groups attached to an aromatic ring is 1. The first kappa shape index (κ1) is 15.5. The summed E-state index contributed by atoms with van der Waals surface area (Å²) in [6.45, 7) is 0.731. The molecule has 1 aliphatic rings. The van der Waals surface area contributed by atoms with Crippen LogP contribution in [0.25, 0.3) is 0 Å². The number of alkyl halides is 3. The highest BCUT2D eigenvalue weighted by Crippen LogP contribution is 2.39. The van der Waals surface area contributed by atoms with Crippen molar-refractivity contribution in [2.75, 3.05) is 17.2 Å². The molecule has 0 atom stereocenters. The minimum absolute atomic E-state index is 0. The lowest BCUT2D eigenvalue weighted by Crippen LogP contribution is -2.16. The molecule has 21 heavy (non-hydrogen) atoms. The number of hydrogen-bond donors (Lipinski definition) is 1. The van der Waals surface area contributed by atoms with E-state index in [1.807, 2.05) is 29.2 Å². The Balaban J connectivity index is 0.00000161. The molecule has 3 rings (SSSR count). The highest BCUT2D eigenvalue weighted by Gasteiger charge is 2.31. The van der Waals surface area contributed by atoms with Crippen molar-refractivity contribution >= 4 is 29.5 Å². The third-order valence-electron chi connectivity index (χ3n) is 3.53. The van der Waals surface area contributed by atoms with Crippen molar-refractivity contribution in [1.29, 1.82) is 0 Å². The van der Waals surface area contributed by atoms with Gasteiger partial charge in [0, 0.05) is 12.2 Å². The van der Waals surface area contributed by atoms with Gasteiger partial charge in [0.05, 0.1) is 16.9 Å². The molecule has 112 valence electrons. The summed E-state index contributed by atoms with van der Waals surface area (Å²) in [4.78, 5) is 1.96. The van der Waals surface area contributed by atoms with Crippen LogP contribution < -0.4 is 10.6 Å². The molecule has 2 N–H and O–H groups in total. The first-order chi connectivity index (χ1) is 9.47. The van der Waals surface area contributed by atoms with E-state index in [0.29, 0.717) is 5.69 Å². The fourth-order valence-electron chi connectivity index (χ4n) is 2.57. The van der Waals surface area contributed by atoms with Gasteiger partial charge >= 0.3 is 6.18 Å². The van der Waals surface area contributed by atoms with Crippen LogP contribution in [0.4, 0.5) is 30.2 Å². The molecule has 0 saturated carbocycles. The summed E-state index contributed by atoms with van der Waals surface area (Å²) in [7, 11) is 0. The fourth-order valence-corrected chi connectivity index (χ4v) is 2.57. The van der Waals surface area contributed by atoms with E-state index in [1.165, 1.54) is 11.6 Å². The second kappa shape index (κ2) is 5.48. The highest BCUT2D eigenvalue weighted by atomic mass is 35.5. The average Bonchev–Trinajstić information content (AvgIpc) is 2.81. The number of nitrogens with zero attached hydrogens (tertiary/aromatic N) is 1. The lowest BCUT2D eigenvalue weighted by molar-refractivity contribution is -0.137. The molecule has 0 aliphatic carbocycles. The molecule has 2 aromatic carbocycles. The predicted octanol–water partition coefficient (Wildman–Crippen LogP) is 4.40. The maximum absolute atomic E-state index is 12.6. The van der Waals surface area contributed by atoms with Crippen molar-refractivity contribution in [2.45, 2.75) is 12.6 Å². The summed E-state index contributed by atoms with van der Waals surface area (Å²) >= 11 is 0. The second-order valence-corrected chi connectivity index (χ2v) is 4.80. The van der Waals surface area contributed by atoms with Crippen LogP contribution in [0.5, 0.6) is 0 Å². The predicted molar refractivity (Wildman–Crippen MR) is 80.3 cm³/mol. The van der Waals surface area contributed by atoms with E-state index in [0.717, 1.165) is 30.8 Å². The van der Waals surface area contributed by atoms with Gasteiger partial charge in [0.25, 0.3) is 0 Å². The van der Waals surface area contributed by atoms with Crippen molar-refractivity contribution < 1.29 is 13.2 Å². The van der Waals surface area contributed by atoms with Gasteiger partial charge in [0.15, 0.2) is 0 Å². The molecule has 2 aromatic rings. The van der Waals surface area contributed by atoms with Crippen LogP contribution in [0.1, 0.15) is 11.1 Å². The van der Waals surface area contributed by atoms with Crippen molar-refractivity contribution in [2.24, 2.45) is 0 Å². The molecule has 0 saturated heterocycles. The lowest BCUT2D eigenvalue weighted by atomic mass is 10.1. The quantitative estimate of drug-likeness (QED) is 0.790. The van der Waals surface area contributed by atoms with E-state index < -0.39 is 11.7 Å². The Morgan fingerprint density at radius 1 is 1.00 bits per heavy atom. The Bertz CT molecular complexity index is 656. The Morgan fingerprint density at radius 3 is 2.38 bits per heavy atom. The van der Waals surface area contributed by atoms with E-state index >= 15 is 0 Å². The molecule has 1 aliphatic heterocycles. The normalized spacial score (nSPS) is 13.8. The monoisotopic (exact) mass is 314 g/mol. The number of anilines is 3. The zero-order valence-corrected chi connectivity index (χ0v) is 11.8. The van der Waals surface area contributed by atoms with Gasteiger partial charge in [0.1, 0.15) is 0 Å². The van der Waals surface area contributed by atoms with Crippen molar-refractivity contribution in [1.82, 2.24) is 0 Å². The molecule has 0 bridgehead atoms. The zero-order valence-electron chi connectivity index (χ0n) is 11.0. The van der Waals surface area contributed by atoms with Gasteiger partial charge in [-0.2, -0.15) is 13.2 Å². The molecule has 0 radical (unpaired) electrons. The largest absolute Gasteiger partial charge is 0.416 e. The van der Waals surface area contributed by atoms with Gasteiger partial charge in [0.2, 0.25) is 0 Å². The Labute approximate surface area is 126 Å². The van der Waals surface area contributed by atoms with Crippen LogP contribution in [-0.2, 0) is 12.6 Å². The lowest BCUT2D eigenvalue weighted by Gasteiger charge is -2.22. The maximum Gasteiger partial charge on any atom is 0.416 e. The molecule has 2 nitrogen and oxygen atoms in total. The van der Waals surface area contributed by atoms with E-state index in [-0.39, 0.29) is 18.1 Å². The number of halogens is 4. The van der Waals surface area contributed by atoms with Gasteiger partial charge in [-0.3, -0.25) is 0 Å². The molecular weight excluding hydrogens is 301 g/mol. The number of para-hydroxylation sites is 1. The van der Waals surface area contributed by atoms with Crippen LogP contribution in [0.3, 0.4) is 0 Å². The summed E-state index contributed by atoms with van der Waals surface area (Å²) in [6.07, 6.45) is -3.49. The third-order valence-corrected chi connectivity index (χ3v) is 3.53. The zero-order chi connectivity index (χ0) is 14.3.